The molecule has 19 heavy (non-hydrogen) atoms. The molecule has 0 unspecified atom stereocenters. The van der Waals surface area contributed by atoms with Gasteiger partial charge in [0.2, 0.25) is 0 Å². The normalized spacial score (nSPS) is 11.0. The molecule has 0 fully saturated rings. The Morgan fingerprint density at radius 3 is 2.79 bits per heavy atom. The zero-order chi connectivity index (χ0) is 13.2. The molecule has 3 rings (SSSR count). The summed E-state index contributed by atoms with van der Waals surface area (Å²) in [5.41, 5.74) is 1.99. The summed E-state index contributed by atoms with van der Waals surface area (Å²) < 4.78 is 1.58. The lowest BCUT2D eigenvalue weighted by Crippen LogP contribution is -2.18. The van der Waals surface area contributed by atoms with Crippen molar-refractivity contribution in [3.8, 4) is 0 Å². The minimum absolute atomic E-state index is 0.215. The van der Waals surface area contributed by atoms with Crippen LogP contribution in [0.5, 0.6) is 0 Å². The summed E-state index contributed by atoms with van der Waals surface area (Å²) in [5, 5.41) is 0.264. The van der Waals surface area contributed by atoms with Crippen molar-refractivity contribution >= 4 is 22.8 Å². The number of imidazole rings is 1. The second kappa shape index (κ2) is 4.85. The summed E-state index contributed by atoms with van der Waals surface area (Å²) in [6, 6.07) is 9.98. The SMILES string of the molecule is O=c1[nH]c2c(Cl)ncnc2n1CCc1ccccc1. The van der Waals surface area contributed by atoms with Gasteiger partial charge in [-0.1, -0.05) is 41.9 Å². The van der Waals surface area contributed by atoms with Crippen LogP contribution in [0.2, 0.25) is 5.15 Å². The third-order valence-electron chi connectivity index (χ3n) is 2.98. The van der Waals surface area contributed by atoms with E-state index in [0.717, 1.165) is 6.42 Å². The van der Waals surface area contributed by atoms with Gasteiger partial charge in [0.25, 0.3) is 0 Å². The van der Waals surface area contributed by atoms with Crippen molar-refractivity contribution in [3.63, 3.8) is 0 Å². The third kappa shape index (κ3) is 2.24. The van der Waals surface area contributed by atoms with Crippen molar-refractivity contribution in [1.29, 1.82) is 0 Å². The Kier molecular flexibility index (Phi) is 3.05. The van der Waals surface area contributed by atoms with E-state index in [4.69, 9.17) is 11.6 Å². The first-order valence-corrected chi connectivity index (χ1v) is 6.26. The number of nitrogens with zero attached hydrogens (tertiary/aromatic N) is 3. The Hall–Kier alpha value is -2.14. The number of aryl methyl sites for hydroxylation is 2. The van der Waals surface area contributed by atoms with E-state index in [-0.39, 0.29) is 10.8 Å². The van der Waals surface area contributed by atoms with Gasteiger partial charge in [0, 0.05) is 6.54 Å². The number of halogens is 1. The molecule has 2 aromatic heterocycles. The predicted molar refractivity (Wildman–Crippen MR) is 73.3 cm³/mol. The highest BCUT2D eigenvalue weighted by atomic mass is 35.5. The highest BCUT2D eigenvalue weighted by molar-refractivity contribution is 6.33. The summed E-state index contributed by atoms with van der Waals surface area (Å²) in [6.45, 7) is 0.552. The van der Waals surface area contributed by atoms with Crippen LogP contribution in [0, 0.1) is 0 Å². The van der Waals surface area contributed by atoms with E-state index in [2.05, 4.69) is 15.0 Å². The lowest BCUT2D eigenvalue weighted by molar-refractivity contribution is 0.685. The first kappa shape index (κ1) is 11.9. The Bertz CT molecular complexity index is 763. The van der Waals surface area contributed by atoms with Gasteiger partial charge >= 0.3 is 5.69 Å². The van der Waals surface area contributed by atoms with E-state index < -0.39 is 0 Å². The van der Waals surface area contributed by atoms with Gasteiger partial charge in [-0.2, -0.15) is 0 Å². The zero-order valence-corrected chi connectivity index (χ0v) is 10.8. The first-order valence-electron chi connectivity index (χ1n) is 5.88. The molecule has 0 atom stereocenters. The number of nitrogens with one attached hydrogen (secondary N) is 1. The van der Waals surface area contributed by atoms with Crippen LogP contribution in [0.25, 0.3) is 11.2 Å². The highest BCUT2D eigenvalue weighted by Gasteiger charge is 2.11. The quantitative estimate of drug-likeness (QED) is 0.743. The molecule has 0 aliphatic carbocycles. The fraction of sp³-hybridized carbons (Fsp3) is 0.154. The molecule has 0 aliphatic heterocycles. The van der Waals surface area contributed by atoms with Crippen LogP contribution in [-0.4, -0.2) is 19.5 Å². The molecule has 1 aromatic carbocycles. The summed E-state index contributed by atoms with van der Waals surface area (Å²) >= 11 is 5.92. The smallest absolute Gasteiger partial charge is 0.302 e. The van der Waals surface area contributed by atoms with Gasteiger partial charge in [-0.3, -0.25) is 4.57 Å². The molecule has 6 heteroatoms. The number of aromatic nitrogens is 4. The maximum absolute atomic E-state index is 11.9. The molecule has 0 saturated carbocycles. The van der Waals surface area contributed by atoms with Crippen LogP contribution in [-0.2, 0) is 13.0 Å². The fourth-order valence-corrected chi connectivity index (χ4v) is 2.21. The standard InChI is InChI=1S/C13H11ClN4O/c14-11-10-12(16-8-15-11)18(13(19)17-10)7-6-9-4-2-1-3-5-9/h1-5,8H,6-7H2,(H,17,19). The molecule has 96 valence electrons. The van der Waals surface area contributed by atoms with Crippen molar-refractivity contribution in [1.82, 2.24) is 19.5 Å². The van der Waals surface area contributed by atoms with E-state index in [1.54, 1.807) is 4.57 Å². The second-order valence-corrected chi connectivity index (χ2v) is 4.54. The molecule has 0 aliphatic rings. The maximum atomic E-state index is 11.9. The molecule has 0 spiro atoms. The van der Waals surface area contributed by atoms with E-state index in [0.29, 0.717) is 17.7 Å². The summed E-state index contributed by atoms with van der Waals surface area (Å²) in [6.07, 6.45) is 2.12. The lowest BCUT2D eigenvalue weighted by atomic mass is 10.1. The van der Waals surface area contributed by atoms with Gasteiger partial charge in [0.1, 0.15) is 11.8 Å². The third-order valence-corrected chi connectivity index (χ3v) is 3.27. The van der Waals surface area contributed by atoms with Crippen LogP contribution in [0.1, 0.15) is 5.56 Å². The first-order chi connectivity index (χ1) is 9.25. The molecule has 0 saturated heterocycles. The topological polar surface area (TPSA) is 63.6 Å². The average Bonchev–Trinajstić information content (AvgIpc) is 2.75. The Labute approximate surface area is 113 Å². The second-order valence-electron chi connectivity index (χ2n) is 4.18. The molecular formula is C13H11ClN4O. The molecule has 3 aromatic rings. The van der Waals surface area contributed by atoms with Crippen molar-refractivity contribution in [2.45, 2.75) is 13.0 Å². The Balaban J connectivity index is 1.95. The zero-order valence-electron chi connectivity index (χ0n) is 10.0. The van der Waals surface area contributed by atoms with Gasteiger partial charge in [-0.15, -0.1) is 0 Å². The minimum atomic E-state index is -0.215. The van der Waals surface area contributed by atoms with Crippen molar-refractivity contribution < 1.29 is 0 Å². The van der Waals surface area contributed by atoms with Gasteiger partial charge in [-0.05, 0) is 12.0 Å². The molecule has 2 heterocycles. The summed E-state index contributed by atoms with van der Waals surface area (Å²) in [5.74, 6) is 0. The maximum Gasteiger partial charge on any atom is 0.327 e. The monoisotopic (exact) mass is 274 g/mol. The van der Waals surface area contributed by atoms with Crippen LogP contribution in [0.3, 0.4) is 0 Å². The van der Waals surface area contributed by atoms with Crippen LogP contribution in [0.4, 0.5) is 0 Å². The van der Waals surface area contributed by atoms with Gasteiger partial charge in [0.05, 0.1) is 0 Å². The summed E-state index contributed by atoms with van der Waals surface area (Å²) in [7, 11) is 0. The predicted octanol–water partition coefficient (Wildman–Crippen LogP) is 2.02. The molecule has 5 nitrogen and oxygen atoms in total. The number of hydrogen-bond acceptors (Lipinski definition) is 3. The molecule has 0 bridgehead atoms. The average molecular weight is 275 g/mol. The Morgan fingerprint density at radius 2 is 2.00 bits per heavy atom. The number of hydrogen-bond donors (Lipinski definition) is 1. The molecule has 1 N–H and O–H groups in total. The van der Waals surface area contributed by atoms with Crippen LogP contribution in [0.15, 0.2) is 41.5 Å². The lowest BCUT2D eigenvalue weighted by Gasteiger charge is -2.03. The van der Waals surface area contributed by atoms with Gasteiger partial charge < -0.3 is 4.98 Å². The number of rotatable bonds is 3. The number of H-pyrrole nitrogens is 1. The number of benzene rings is 1. The summed E-state index contributed by atoms with van der Waals surface area (Å²) in [4.78, 5) is 22.5. The highest BCUT2D eigenvalue weighted by Crippen LogP contribution is 2.15. The Morgan fingerprint density at radius 1 is 1.21 bits per heavy atom. The minimum Gasteiger partial charge on any atom is -0.302 e. The van der Waals surface area contributed by atoms with Crippen molar-refractivity contribution in [2.75, 3.05) is 0 Å². The van der Waals surface area contributed by atoms with E-state index >= 15 is 0 Å². The molecule has 0 radical (unpaired) electrons. The van der Waals surface area contributed by atoms with Gasteiger partial charge in [-0.25, -0.2) is 14.8 Å². The fourth-order valence-electron chi connectivity index (χ4n) is 2.03. The molecular weight excluding hydrogens is 264 g/mol. The largest absolute Gasteiger partial charge is 0.327 e. The van der Waals surface area contributed by atoms with Crippen LogP contribution >= 0.6 is 11.6 Å². The van der Waals surface area contributed by atoms with Crippen molar-refractivity contribution in [3.05, 3.63) is 57.9 Å². The van der Waals surface area contributed by atoms with Crippen molar-refractivity contribution in [2.24, 2.45) is 0 Å². The van der Waals surface area contributed by atoms with E-state index in [1.807, 2.05) is 30.3 Å². The van der Waals surface area contributed by atoms with E-state index in [1.165, 1.54) is 11.9 Å². The molecule has 0 amide bonds. The number of aromatic amines is 1. The van der Waals surface area contributed by atoms with Gasteiger partial charge in [0.15, 0.2) is 10.8 Å². The van der Waals surface area contributed by atoms with Crippen LogP contribution < -0.4 is 5.69 Å². The van der Waals surface area contributed by atoms with E-state index in [9.17, 15) is 4.79 Å². The number of fused-ring (bicyclic) bond motifs is 1.